The van der Waals surface area contributed by atoms with Crippen molar-refractivity contribution in [2.45, 2.75) is 46.5 Å². The number of halogens is 1. The van der Waals surface area contributed by atoms with Gasteiger partial charge in [0.25, 0.3) is 0 Å². The average Bonchev–Trinajstić information content (AvgIpc) is 2.46. The molecule has 0 amide bonds. The number of carbonyl (C=O) groups excluding carboxylic acids is 1. The molecule has 0 unspecified atom stereocenters. The van der Waals surface area contributed by atoms with Gasteiger partial charge in [-0.1, -0.05) is 26.8 Å². The summed E-state index contributed by atoms with van der Waals surface area (Å²) in [5.74, 6) is 0.146. The second-order valence-electron chi connectivity index (χ2n) is 7.10. The molecule has 0 spiro atoms. The maximum absolute atomic E-state index is 14.2. The topological polar surface area (TPSA) is 26.3 Å². The van der Waals surface area contributed by atoms with Crippen molar-refractivity contribution in [3.63, 3.8) is 0 Å². The summed E-state index contributed by atoms with van der Waals surface area (Å²) in [5.41, 5.74) is 0.462. The maximum Gasteiger partial charge on any atom is 0.175 e. The lowest BCUT2D eigenvalue weighted by Crippen LogP contribution is -2.29. The summed E-state index contributed by atoms with van der Waals surface area (Å²) in [5, 5.41) is 0. The second-order valence-corrected chi connectivity index (χ2v) is 7.10. The Hall–Kier alpha value is -1.38. The first-order valence-corrected chi connectivity index (χ1v) is 7.71. The van der Waals surface area contributed by atoms with Crippen LogP contribution in [-0.4, -0.2) is 12.9 Å². The third-order valence-electron chi connectivity index (χ3n) is 4.77. The highest BCUT2D eigenvalue weighted by Gasteiger charge is 2.33. The van der Waals surface area contributed by atoms with E-state index in [1.54, 1.807) is 18.2 Å². The molecule has 0 bridgehead atoms. The maximum atomic E-state index is 14.2. The Morgan fingerprint density at radius 1 is 1.19 bits per heavy atom. The van der Waals surface area contributed by atoms with E-state index in [4.69, 9.17) is 4.74 Å². The minimum Gasteiger partial charge on any atom is -0.494 e. The van der Waals surface area contributed by atoms with Crippen LogP contribution in [0.3, 0.4) is 0 Å². The van der Waals surface area contributed by atoms with E-state index in [9.17, 15) is 9.18 Å². The molecule has 116 valence electrons. The first-order chi connectivity index (χ1) is 9.84. The molecule has 1 fully saturated rings. The molecule has 1 aromatic carbocycles. The van der Waals surface area contributed by atoms with Crippen molar-refractivity contribution < 1.29 is 13.9 Å². The Balaban J connectivity index is 2.09. The Bertz CT molecular complexity index is 508. The molecule has 0 aliphatic heterocycles. The largest absolute Gasteiger partial charge is 0.494 e. The number of hydrogen-bond acceptors (Lipinski definition) is 2. The predicted octanol–water partition coefficient (Wildman–Crippen LogP) is 4.87. The number of methoxy groups -OCH3 is 1. The minimum atomic E-state index is -0.525. The van der Waals surface area contributed by atoms with Gasteiger partial charge in [0.05, 0.1) is 12.7 Å². The molecule has 0 atom stereocenters. The number of hydrogen-bond donors (Lipinski definition) is 0. The normalized spacial score (nSPS) is 22.9. The summed E-state index contributed by atoms with van der Waals surface area (Å²) < 4.78 is 19.2. The molecule has 0 radical (unpaired) electrons. The van der Waals surface area contributed by atoms with Crippen LogP contribution in [0.15, 0.2) is 18.2 Å². The molecule has 1 aromatic rings. The molecule has 0 saturated heterocycles. The van der Waals surface area contributed by atoms with Crippen molar-refractivity contribution in [2.75, 3.05) is 7.11 Å². The van der Waals surface area contributed by atoms with Gasteiger partial charge in [-0.3, -0.25) is 4.79 Å². The molecule has 2 nitrogen and oxygen atoms in total. The lowest BCUT2D eigenvalue weighted by atomic mass is 9.68. The molecular formula is C18H25FO2. The fourth-order valence-corrected chi connectivity index (χ4v) is 3.30. The van der Waals surface area contributed by atoms with Gasteiger partial charge in [0.15, 0.2) is 17.3 Å². The second kappa shape index (κ2) is 6.17. The monoisotopic (exact) mass is 292 g/mol. The van der Waals surface area contributed by atoms with Gasteiger partial charge >= 0.3 is 0 Å². The number of ketones is 1. The number of benzene rings is 1. The summed E-state index contributed by atoms with van der Waals surface area (Å²) in [6.45, 7) is 6.75. The zero-order valence-corrected chi connectivity index (χ0v) is 13.4. The van der Waals surface area contributed by atoms with Gasteiger partial charge in [0.2, 0.25) is 0 Å². The molecule has 1 aliphatic carbocycles. The van der Waals surface area contributed by atoms with Gasteiger partial charge in [-0.2, -0.15) is 0 Å². The van der Waals surface area contributed by atoms with Crippen LogP contribution < -0.4 is 4.74 Å². The number of ether oxygens (including phenoxy) is 1. The van der Waals surface area contributed by atoms with Crippen LogP contribution in [0.2, 0.25) is 0 Å². The molecule has 1 aliphatic rings. The van der Waals surface area contributed by atoms with Gasteiger partial charge in [-0.25, -0.2) is 4.39 Å². The van der Waals surface area contributed by atoms with Gasteiger partial charge < -0.3 is 4.74 Å². The van der Waals surface area contributed by atoms with E-state index in [1.807, 2.05) is 0 Å². The van der Waals surface area contributed by atoms with Gasteiger partial charge in [0, 0.05) is 5.92 Å². The summed E-state index contributed by atoms with van der Waals surface area (Å²) in [6, 6.07) is 4.79. The van der Waals surface area contributed by atoms with Crippen LogP contribution in [-0.2, 0) is 0 Å². The molecule has 2 rings (SSSR count). The summed E-state index contributed by atoms with van der Waals surface area (Å²) in [6.07, 6.45) is 3.81. The van der Waals surface area contributed by atoms with E-state index >= 15 is 0 Å². The van der Waals surface area contributed by atoms with Gasteiger partial charge in [0.1, 0.15) is 0 Å². The van der Waals surface area contributed by atoms with Crippen molar-refractivity contribution in [2.24, 2.45) is 17.3 Å². The lowest BCUT2D eigenvalue weighted by molar-refractivity contribution is 0.0814. The van der Waals surface area contributed by atoms with E-state index in [0.29, 0.717) is 5.92 Å². The summed E-state index contributed by atoms with van der Waals surface area (Å²) in [7, 11) is 1.42. The van der Waals surface area contributed by atoms with Crippen molar-refractivity contribution >= 4 is 5.78 Å². The highest BCUT2D eigenvalue weighted by atomic mass is 19.1. The first-order valence-electron chi connectivity index (χ1n) is 7.71. The zero-order chi connectivity index (χ0) is 15.6. The standard InChI is InChI=1S/C18H25FO2/c1-18(2,3)13-10-8-12(9-11-13)17(20)14-6-5-7-15(21-4)16(14)19/h5-7,12-13H,8-11H2,1-4H3. The third kappa shape index (κ3) is 3.45. The Morgan fingerprint density at radius 3 is 2.33 bits per heavy atom. The van der Waals surface area contributed by atoms with Crippen LogP contribution in [0.4, 0.5) is 4.39 Å². The number of carbonyl (C=O) groups is 1. The Kier molecular flexibility index (Phi) is 4.70. The quantitative estimate of drug-likeness (QED) is 0.743. The van der Waals surface area contributed by atoms with Crippen molar-refractivity contribution in [1.29, 1.82) is 0 Å². The van der Waals surface area contributed by atoms with E-state index in [2.05, 4.69) is 20.8 Å². The van der Waals surface area contributed by atoms with E-state index in [1.165, 1.54) is 7.11 Å². The van der Waals surface area contributed by atoms with E-state index < -0.39 is 5.82 Å². The number of rotatable bonds is 3. The van der Waals surface area contributed by atoms with Crippen LogP contribution >= 0.6 is 0 Å². The van der Waals surface area contributed by atoms with Crippen molar-refractivity contribution in [3.8, 4) is 5.75 Å². The summed E-state index contributed by atoms with van der Waals surface area (Å²) >= 11 is 0. The zero-order valence-electron chi connectivity index (χ0n) is 13.4. The first kappa shape index (κ1) is 16.0. The predicted molar refractivity (Wildman–Crippen MR) is 82.2 cm³/mol. The molecule has 0 heterocycles. The third-order valence-corrected chi connectivity index (χ3v) is 4.77. The molecule has 0 N–H and O–H groups in total. The van der Waals surface area contributed by atoms with Gasteiger partial charge in [-0.05, 0) is 49.1 Å². The minimum absolute atomic E-state index is 0.0507. The smallest absolute Gasteiger partial charge is 0.175 e. The molecule has 0 aromatic heterocycles. The molecule has 1 saturated carbocycles. The van der Waals surface area contributed by atoms with Crippen molar-refractivity contribution in [3.05, 3.63) is 29.6 Å². The number of Topliss-reactive ketones (excluding diaryl/α,β-unsaturated/α-hetero) is 1. The molecule has 21 heavy (non-hydrogen) atoms. The lowest BCUT2D eigenvalue weighted by Gasteiger charge is -2.36. The molecular weight excluding hydrogens is 267 g/mol. The fraction of sp³-hybridized carbons (Fsp3) is 0.611. The van der Waals surface area contributed by atoms with E-state index in [-0.39, 0.29) is 28.4 Å². The van der Waals surface area contributed by atoms with Crippen LogP contribution in [0.1, 0.15) is 56.8 Å². The molecule has 3 heteroatoms. The van der Waals surface area contributed by atoms with Crippen LogP contribution in [0.25, 0.3) is 0 Å². The Morgan fingerprint density at radius 2 is 1.81 bits per heavy atom. The Labute approximate surface area is 126 Å². The van der Waals surface area contributed by atoms with Crippen LogP contribution in [0.5, 0.6) is 5.75 Å². The highest BCUT2D eigenvalue weighted by molar-refractivity contribution is 5.98. The fourth-order valence-electron chi connectivity index (χ4n) is 3.30. The van der Waals surface area contributed by atoms with Gasteiger partial charge in [-0.15, -0.1) is 0 Å². The highest BCUT2D eigenvalue weighted by Crippen LogP contribution is 2.41. The SMILES string of the molecule is COc1cccc(C(=O)C2CCC(C(C)(C)C)CC2)c1F. The summed E-state index contributed by atoms with van der Waals surface area (Å²) in [4.78, 5) is 12.5. The van der Waals surface area contributed by atoms with E-state index in [0.717, 1.165) is 25.7 Å². The van der Waals surface area contributed by atoms with Crippen LogP contribution in [0, 0.1) is 23.1 Å². The average molecular weight is 292 g/mol. The van der Waals surface area contributed by atoms with Crippen molar-refractivity contribution in [1.82, 2.24) is 0 Å².